The van der Waals surface area contributed by atoms with Gasteiger partial charge in [-0.25, -0.2) is 0 Å². The molecule has 0 aliphatic carbocycles. The zero-order valence-corrected chi connectivity index (χ0v) is 11.8. The summed E-state index contributed by atoms with van der Waals surface area (Å²) in [6.07, 6.45) is -0.127. The molecule has 0 fully saturated rings. The minimum atomic E-state index is -0.940. The lowest BCUT2D eigenvalue weighted by Gasteiger charge is -2.13. The molecule has 0 unspecified atom stereocenters. The summed E-state index contributed by atoms with van der Waals surface area (Å²) in [5.41, 5.74) is 1.65. The highest BCUT2D eigenvalue weighted by Gasteiger charge is 2.13. The Morgan fingerprint density at radius 2 is 2.00 bits per heavy atom. The number of nitrogens with zero attached hydrogens (tertiary/aromatic N) is 1. The second-order valence-corrected chi connectivity index (χ2v) is 4.49. The number of nitro benzene ring substituents is 1. The maximum Gasteiger partial charge on any atom is 0.307 e. The molecule has 7 heteroatoms. The van der Waals surface area contributed by atoms with Crippen LogP contribution in [0, 0.1) is 10.1 Å². The average molecular weight is 302 g/mol. The maximum absolute atomic E-state index is 10.9. The van der Waals surface area contributed by atoms with Crippen molar-refractivity contribution in [2.45, 2.75) is 6.42 Å². The molecule has 22 heavy (non-hydrogen) atoms. The van der Waals surface area contributed by atoms with E-state index in [1.54, 1.807) is 24.3 Å². The highest BCUT2D eigenvalue weighted by Crippen LogP contribution is 2.32. The number of aliphatic carboxylic acids is 1. The molecule has 0 aliphatic rings. The molecule has 0 heterocycles. The van der Waals surface area contributed by atoms with Crippen LogP contribution in [0.5, 0.6) is 5.75 Å². The van der Waals surface area contributed by atoms with Crippen LogP contribution in [-0.4, -0.2) is 23.1 Å². The normalized spacial score (nSPS) is 10.0. The predicted molar refractivity (Wildman–Crippen MR) is 80.7 cm³/mol. The molecule has 0 aliphatic heterocycles. The van der Waals surface area contributed by atoms with Crippen LogP contribution >= 0.6 is 0 Å². The summed E-state index contributed by atoms with van der Waals surface area (Å²) in [5.74, 6) is -0.635. The van der Waals surface area contributed by atoms with Gasteiger partial charge in [-0.05, 0) is 17.7 Å². The number of carbonyl (C=O) groups is 1. The van der Waals surface area contributed by atoms with Gasteiger partial charge in [0.15, 0.2) is 0 Å². The van der Waals surface area contributed by atoms with Gasteiger partial charge >= 0.3 is 5.97 Å². The molecule has 0 saturated heterocycles. The zero-order chi connectivity index (χ0) is 16.1. The molecule has 2 N–H and O–H groups in total. The minimum Gasteiger partial charge on any atom is -0.494 e. The maximum atomic E-state index is 10.9. The van der Waals surface area contributed by atoms with Gasteiger partial charge in [0, 0.05) is 11.8 Å². The number of non-ortho nitro benzene ring substituents is 1. The van der Waals surface area contributed by atoms with Crippen molar-refractivity contribution in [3.05, 3.63) is 58.1 Å². The molecule has 0 radical (unpaired) electrons. The molecule has 0 aromatic heterocycles. The van der Waals surface area contributed by atoms with Gasteiger partial charge < -0.3 is 15.2 Å². The molecule has 114 valence electrons. The van der Waals surface area contributed by atoms with E-state index in [9.17, 15) is 14.9 Å². The van der Waals surface area contributed by atoms with Gasteiger partial charge in [-0.1, -0.05) is 18.2 Å². The van der Waals surface area contributed by atoms with E-state index >= 15 is 0 Å². The van der Waals surface area contributed by atoms with E-state index in [4.69, 9.17) is 9.84 Å². The summed E-state index contributed by atoms with van der Waals surface area (Å²) >= 11 is 0. The van der Waals surface area contributed by atoms with Crippen LogP contribution < -0.4 is 10.1 Å². The topological polar surface area (TPSA) is 102 Å². The number of nitro groups is 1. The standard InChI is InChI=1S/C15H14N2O5/c1-22-14-9-11(17(20)21)6-7-13(14)16-12-5-3-2-4-10(12)8-15(18)19/h2-7,9,16H,8H2,1H3,(H,18,19). The zero-order valence-electron chi connectivity index (χ0n) is 11.8. The largest absolute Gasteiger partial charge is 0.494 e. The van der Waals surface area contributed by atoms with Crippen molar-refractivity contribution in [3.8, 4) is 5.75 Å². The summed E-state index contributed by atoms with van der Waals surface area (Å²) in [6.45, 7) is 0. The summed E-state index contributed by atoms with van der Waals surface area (Å²) < 4.78 is 5.15. The Balaban J connectivity index is 2.35. The van der Waals surface area contributed by atoms with Crippen molar-refractivity contribution < 1.29 is 19.6 Å². The molecule has 2 aromatic carbocycles. The Labute approximate surface area is 126 Å². The fourth-order valence-corrected chi connectivity index (χ4v) is 2.00. The number of hydrogen-bond acceptors (Lipinski definition) is 5. The van der Waals surface area contributed by atoms with Gasteiger partial charge in [-0.3, -0.25) is 14.9 Å². The lowest BCUT2D eigenvalue weighted by atomic mass is 10.1. The van der Waals surface area contributed by atoms with Gasteiger partial charge in [0.25, 0.3) is 5.69 Å². The monoisotopic (exact) mass is 302 g/mol. The predicted octanol–water partition coefficient (Wildman–Crippen LogP) is 2.97. The number of nitrogens with one attached hydrogen (secondary N) is 1. The number of carboxylic acids is 1. The molecular weight excluding hydrogens is 288 g/mol. The number of rotatable bonds is 6. The molecular formula is C15H14N2O5. The Kier molecular flexibility index (Phi) is 4.57. The van der Waals surface area contributed by atoms with Crippen molar-refractivity contribution in [3.63, 3.8) is 0 Å². The van der Waals surface area contributed by atoms with E-state index in [2.05, 4.69) is 5.32 Å². The first-order valence-corrected chi connectivity index (χ1v) is 6.40. The van der Waals surface area contributed by atoms with E-state index in [0.29, 0.717) is 22.7 Å². The van der Waals surface area contributed by atoms with Gasteiger partial charge in [-0.2, -0.15) is 0 Å². The van der Waals surface area contributed by atoms with Crippen molar-refractivity contribution in [2.75, 3.05) is 12.4 Å². The number of carboxylic acid groups (broad SMARTS) is 1. The van der Waals surface area contributed by atoms with Crippen LogP contribution in [0.2, 0.25) is 0 Å². The van der Waals surface area contributed by atoms with Crippen LogP contribution in [0.1, 0.15) is 5.56 Å². The SMILES string of the molecule is COc1cc([N+](=O)[O-])ccc1Nc1ccccc1CC(=O)O. The second-order valence-electron chi connectivity index (χ2n) is 4.49. The number of hydrogen-bond donors (Lipinski definition) is 2. The summed E-state index contributed by atoms with van der Waals surface area (Å²) in [6, 6.07) is 11.1. The van der Waals surface area contributed by atoms with Crippen LogP contribution in [0.3, 0.4) is 0 Å². The van der Waals surface area contributed by atoms with Gasteiger partial charge in [0.1, 0.15) is 5.75 Å². The highest BCUT2D eigenvalue weighted by atomic mass is 16.6. The first kappa shape index (κ1) is 15.3. The summed E-state index contributed by atoms with van der Waals surface area (Å²) in [4.78, 5) is 21.2. The number of benzene rings is 2. The van der Waals surface area contributed by atoms with Crippen molar-refractivity contribution >= 4 is 23.0 Å². The van der Waals surface area contributed by atoms with Gasteiger partial charge in [0.2, 0.25) is 0 Å². The smallest absolute Gasteiger partial charge is 0.307 e. The van der Waals surface area contributed by atoms with Gasteiger partial charge in [-0.15, -0.1) is 0 Å². The molecule has 0 amide bonds. The molecule has 2 rings (SSSR count). The Morgan fingerprint density at radius 3 is 2.64 bits per heavy atom. The molecule has 0 atom stereocenters. The Bertz CT molecular complexity index is 715. The van der Waals surface area contributed by atoms with Crippen molar-refractivity contribution in [1.82, 2.24) is 0 Å². The minimum absolute atomic E-state index is 0.0822. The van der Waals surface area contributed by atoms with Crippen molar-refractivity contribution in [1.29, 1.82) is 0 Å². The van der Waals surface area contributed by atoms with E-state index in [1.165, 1.54) is 25.3 Å². The third kappa shape index (κ3) is 3.51. The molecule has 0 bridgehead atoms. The Hall–Kier alpha value is -3.09. The van der Waals surface area contributed by atoms with Crippen LogP contribution in [0.15, 0.2) is 42.5 Å². The van der Waals surface area contributed by atoms with E-state index < -0.39 is 10.9 Å². The number of para-hydroxylation sites is 1. The number of methoxy groups -OCH3 is 1. The Morgan fingerprint density at radius 1 is 1.27 bits per heavy atom. The fourth-order valence-electron chi connectivity index (χ4n) is 2.00. The molecule has 7 nitrogen and oxygen atoms in total. The lowest BCUT2D eigenvalue weighted by molar-refractivity contribution is -0.384. The van der Waals surface area contributed by atoms with Crippen LogP contribution in [0.25, 0.3) is 0 Å². The fraction of sp³-hybridized carbons (Fsp3) is 0.133. The molecule has 2 aromatic rings. The first-order chi connectivity index (χ1) is 10.5. The third-order valence-corrected chi connectivity index (χ3v) is 3.02. The van der Waals surface area contributed by atoms with Crippen LogP contribution in [0.4, 0.5) is 17.1 Å². The van der Waals surface area contributed by atoms with E-state index in [1.807, 2.05) is 0 Å². The highest BCUT2D eigenvalue weighted by molar-refractivity contribution is 5.76. The number of anilines is 2. The quantitative estimate of drug-likeness (QED) is 0.628. The summed E-state index contributed by atoms with van der Waals surface area (Å²) in [7, 11) is 1.41. The second kappa shape index (κ2) is 6.57. The first-order valence-electron chi connectivity index (χ1n) is 6.40. The van der Waals surface area contributed by atoms with Crippen molar-refractivity contribution in [2.24, 2.45) is 0 Å². The molecule has 0 spiro atoms. The lowest BCUT2D eigenvalue weighted by Crippen LogP contribution is -2.04. The third-order valence-electron chi connectivity index (χ3n) is 3.02. The van der Waals surface area contributed by atoms with E-state index in [-0.39, 0.29) is 12.1 Å². The molecule has 0 saturated carbocycles. The number of ether oxygens (including phenoxy) is 1. The average Bonchev–Trinajstić information content (AvgIpc) is 2.48. The van der Waals surface area contributed by atoms with Crippen LogP contribution in [-0.2, 0) is 11.2 Å². The summed E-state index contributed by atoms with van der Waals surface area (Å²) in [5, 5.41) is 22.8. The van der Waals surface area contributed by atoms with Gasteiger partial charge in [0.05, 0.1) is 30.2 Å². The van der Waals surface area contributed by atoms with E-state index in [0.717, 1.165) is 0 Å².